The molecule has 4 heteroatoms. The van der Waals surface area contributed by atoms with Gasteiger partial charge >= 0.3 is 0 Å². The van der Waals surface area contributed by atoms with Gasteiger partial charge in [-0.25, -0.2) is 4.39 Å². The Morgan fingerprint density at radius 3 is 1.38 bits per heavy atom. The van der Waals surface area contributed by atoms with Crippen molar-refractivity contribution in [2.24, 2.45) is 0 Å². The Morgan fingerprint density at radius 1 is 0.547 bits per heavy atom. The van der Waals surface area contributed by atoms with Crippen LogP contribution < -0.4 is 0 Å². The van der Waals surface area contributed by atoms with Gasteiger partial charge in [-0.1, -0.05) is 207 Å². The fourth-order valence-electron chi connectivity index (χ4n) is 7.50. The summed E-state index contributed by atoms with van der Waals surface area (Å²) in [6.45, 7) is 4.92. The van der Waals surface area contributed by atoms with Gasteiger partial charge in [0.05, 0.1) is 30.4 Å². The Bertz CT molecular complexity index is 1490. The van der Waals surface area contributed by atoms with Crippen LogP contribution in [0.25, 0.3) is 0 Å². The molecule has 0 aromatic heterocycles. The van der Waals surface area contributed by atoms with Crippen LogP contribution in [0.3, 0.4) is 0 Å². The molecule has 0 spiro atoms. The Hall–Kier alpha value is -3.78. The highest BCUT2D eigenvalue weighted by Crippen LogP contribution is 2.42. The van der Waals surface area contributed by atoms with Crippen LogP contribution in [0.4, 0.5) is 4.39 Å². The third kappa shape index (κ3) is 14.2. The Morgan fingerprint density at radius 2 is 0.962 bits per heavy atom. The maximum absolute atomic E-state index is 14.4. The van der Waals surface area contributed by atoms with Crippen LogP contribution >= 0.6 is 0 Å². The minimum atomic E-state index is -0.866. The van der Waals surface area contributed by atoms with Gasteiger partial charge in [-0.3, -0.25) is 0 Å². The number of halogens is 1. The van der Waals surface area contributed by atoms with Gasteiger partial charge in [0.15, 0.2) is 0 Å². The third-order valence-corrected chi connectivity index (χ3v) is 10.6. The highest BCUT2D eigenvalue weighted by molar-refractivity contribution is 5.47. The van der Waals surface area contributed by atoms with Crippen molar-refractivity contribution < 1.29 is 13.9 Å². The predicted molar refractivity (Wildman–Crippen MR) is 218 cm³/mol. The fraction of sp³-hybridized carbons (Fsp3) is 0.490. The summed E-state index contributed by atoms with van der Waals surface area (Å²) in [5, 5.41) is 9.45. The zero-order valence-corrected chi connectivity index (χ0v) is 32.7. The molecule has 3 nitrogen and oxygen atoms in total. The number of unbranched alkanes of at least 4 members (excludes halogenated alkanes) is 16. The molecule has 0 saturated carbocycles. The molecule has 0 amide bonds. The second kappa shape index (κ2) is 23.8. The van der Waals surface area contributed by atoms with Crippen molar-refractivity contribution in [3.63, 3.8) is 0 Å². The summed E-state index contributed by atoms with van der Waals surface area (Å²) in [6.07, 6.45) is 23.4. The minimum Gasteiger partial charge on any atom is -0.368 e. The molecular formula is C49H64FNO2. The van der Waals surface area contributed by atoms with E-state index in [1.165, 1.54) is 108 Å². The zero-order valence-electron chi connectivity index (χ0n) is 32.7. The summed E-state index contributed by atoms with van der Waals surface area (Å²) in [7, 11) is 0. The molecule has 53 heavy (non-hydrogen) atoms. The van der Waals surface area contributed by atoms with Crippen molar-refractivity contribution in [2.75, 3.05) is 6.61 Å². The molecular weight excluding hydrogens is 654 g/mol. The highest BCUT2D eigenvalue weighted by atomic mass is 19.1. The quantitative estimate of drug-likeness (QED) is 0.0455. The van der Waals surface area contributed by atoms with E-state index < -0.39 is 17.0 Å². The first kappa shape index (κ1) is 42.0. The number of nitrogens with zero attached hydrogens (tertiary/aromatic N) is 1. The Balaban J connectivity index is 1.36. The maximum Gasteiger partial charge on any atom is 0.143 e. The van der Waals surface area contributed by atoms with Crippen molar-refractivity contribution in [2.45, 2.75) is 147 Å². The number of ether oxygens (including phenoxy) is 2. The summed E-state index contributed by atoms with van der Waals surface area (Å²) >= 11 is 0. The van der Waals surface area contributed by atoms with E-state index in [1.54, 1.807) is 6.07 Å². The van der Waals surface area contributed by atoms with E-state index >= 15 is 0 Å². The van der Waals surface area contributed by atoms with E-state index in [9.17, 15) is 9.65 Å². The third-order valence-electron chi connectivity index (χ3n) is 10.6. The lowest BCUT2D eigenvalue weighted by molar-refractivity contribution is -0.129. The first-order valence-electron chi connectivity index (χ1n) is 20.6. The number of benzene rings is 4. The van der Waals surface area contributed by atoms with Crippen LogP contribution in [0.5, 0.6) is 0 Å². The summed E-state index contributed by atoms with van der Waals surface area (Å²) < 4.78 is 28.3. The molecule has 0 radical (unpaired) electrons. The summed E-state index contributed by atoms with van der Waals surface area (Å²) in [5.74, 6) is -0.426. The van der Waals surface area contributed by atoms with Gasteiger partial charge in [0.2, 0.25) is 0 Å². The standard InChI is InChI=1S/C49H64FNO2/c1-3-4-5-6-7-8-9-10-11-12-13-14-15-16-17-18-28-35-48(2,52-40-43-36-42(39-51)37-47(50)38-43)41-53-49(44-29-22-19-23-30-44,45-31-24-20-25-32-45)46-33-26-21-27-34-46/h19-27,29-34,36-38H,3-18,28,35,40-41H2,1-2H3. The predicted octanol–water partition coefficient (Wildman–Crippen LogP) is 14.0. The van der Waals surface area contributed by atoms with E-state index in [2.05, 4.69) is 92.7 Å². The normalized spacial score (nSPS) is 12.7. The van der Waals surface area contributed by atoms with E-state index in [0.29, 0.717) is 17.7 Å². The fourth-order valence-corrected chi connectivity index (χ4v) is 7.50. The molecule has 4 rings (SSSR count). The van der Waals surface area contributed by atoms with Crippen LogP contribution in [0, 0.1) is 17.1 Å². The smallest absolute Gasteiger partial charge is 0.143 e. The van der Waals surface area contributed by atoms with E-state index in [0.717, 1.165) is 36.0 Å². The first-order chi connectivity index (χ1) is 26.0. The highest BCUT2D eigenvalue weighted by Gasteiger charge is 2.40. The van der Waals surface area contributed by atoms with Crippen molar-refractivity contribution in [1.82, 2.24) is 0 Å². The topological polar surface area (TPSA) is 42.2 Å². The van der Waals surface area contributed by atoms with Crippen LogP contribution in [0.1, 0.15) is 157 Å². The molecule has 4 aromatic rings. The van der Waals surface area contributed by atoms with Gasteiger partial charge in [0, 0.05) is 0 Å². The second-order valence-corrected chi connectivity index (χ2v) is 15.2. The van der Waals surface area contributed by atoms with Crippen LogP contribution in [-0.2, 0) is 21.7 Å². The van der Waals surface area contributed by atoms with Gasteiger partial charge in [0.1, 0.15) is 11.4 Å². The second-order valence-electron chi connectivity index (χ2n) is 15.2. The lowest BCUT2D eigenvalue weighted by atomic mass is 9.80. The molecule has 0 bridgehead atoms. The lowest BCUT2D eigenvalue weighted by Crippen LogP contribution is -2.41. The van der Waals surface area contributed by atoms with Gasteiger partial charge in [-0.2, -0.15) is 5.26 Å². The number of nitriles is 1. The minimum absolute atomic E-state index is 0.195. The van der Waals surface area contributed by atoms with Crippen molar-refractivity contribution >= 4 is 0 Å². The van der Waals surface area contributed by atoms with E-state index in [1.807, 2.05) is 18.2 Å². The van der Waals surface area contributed by atoms with Crippen molar-refractivity contribution in [3.05, 3.63) is 143 Å². The maximum atomic E-state index is 14.4. The molecule has 1 atom stereocenters. The first-order valence-corrected chi connectivity index (χ1v) is 20.6. The number of hydrogen-bond donors (Lipinski definition) is 0. The molecule has 0 saturated heterocycles. The van der Waals surface area contributed by atoms with E-state index in [4.69, 9.17) is 9.47 Å². The summed E-state index contributed by atoms with van der Waals surface area (Å²) in [4.78, 5) is 0. The average molecular weight is 718 g/mol. The molecule has 0 aliphatic heterocycles. The SMILES string of the molecule is CCCCCCCCCCCCCCCCCCCC(C)(COC(c1ccccc1)(c1ccccc1)c1ccccc1)OCc1cc(F)cc(C#N)c1. The zero-order chi connectivity index (χ0) is 37.5. The average Bonchev–Trinajstić information content (AvgIpc) is 3.19. The van der Waals surface area contributed by atoms with Crippen LogP contribution in [0.2, 0.25) is 0 Å². The van der Waals surface area contributed by atoms with Crippen LogP contribution in [-0.4, -0.2) is 12.2 Å². The number of rotatable bonds is 27. The van der Waals surface area contributed by atoms with Gasteiger partial charge in [-0.15, -0.1) is 0 Å². The van der Waals surface area contributed by atoms with Crippen molar-refractivity contribution in [3.8, 4) is 6.07 Å². The molecule has 0 aliphatic carbocycles. The van der Waals surface area contributed by atoms with Gasteiger partial charge in [-0.05, 0) is 53.8 Å². The molecule has 0 heterocycles. The monoisotopic (exact) mass is 717 g/mol. The molecule has 0 N–H and O–H groups in total. The lowest BCUT2D eigenvalue weighted by Gasteiger charge is -2.40. The molecule has 1 unspecified atom stereocenters. The van der Waals surface area contributed by atoms with Gasteiger partial charge in [0.25, 0.3) is 0 Å². The van der Waals surface area contributed by atoms with Crippen molar-refractivity contribution in [1.29, 1.82) is 5.26 Å². The number of hydrogen-bond acceptors (Lipinski definition) is 3. The Kier molecular flexibility index (Phi) is 18.8. The molecule has 0 aliphatic rings. The van der Waals surface area contributed by atoms with Crippen LogP contribution in [0.15, 0.2) is 109 Å². The molecule has 284 valence electrons. The largest absolute Gasteiger partial charge is 0.368 e. The Labute approximate surface area is 321 Å². The van der Waals surface area contributed by atoms with Gasteiger partial charge < -0.3 is 9.47 Å². The van der Waals surface area contributed by atoms with E-state index in [-0.39, 0.29) is 6.61 Å². The molecule has 0 fully saturated rings. The molecule has 4 aromatic carbocycles. The summed E-state index contributed by atoms with van der Waals surface area (Å²) in [6, 6.07) is 37.7. The summed E-state index contributed by atoms with van der Waals surface area (Å²) in [5.41, 5.74) is 2.55.